The molecule has 1 N–H and O–H groups in total. The van der Waals surface area contributed by atoms with Gasteiger partial charge in [0.05, 0.1) is 11.1 Å². The second-order valence-corrected chi connectivity index (χ2v) is 8.19. The van der Waals surface area contributed by atoms with Crippen LogP contribution >= 0.6 is 0 Å². The Balaban J connectivity index is 1.53. The van der Waals surface area contributed by atoms with Crippen LogP contribution in [0.4, 0.5) is 0 Å². The number of piperidine rings is 1. The van der Waals surface area contributed by atoms with Gasteiger partial charge in [-0.05, 0) is 56.3 Å². The van der Waals surface area contributed by atoms with E-state index in [1.54, 1.807) is 0 Å². The van der Waals surface area contributed by atoms with Gasteiger partial charge in [-0.2, -0.15) is 0 Å². The number of carbonyl (C=O) groups excluding carboxylic acids is 1. The molecule has 4 bridgehead atoms. The lowest BCUT2D eigenvalue weighted by Gasteiger charge is -2.57. The molecule has 4 saturated carbocycles. The maximum atomic E-state index is 13.2. The highest BCUT2D eigenvalue weighted by Crippen LogP contribution is 2.60. The minimum atomic E-state index is -0.0255. The smallest absolute Gasteiger partial charge is 0.228 e. The average Bonchev–Trinajstić information content (AvgIpc) is 2.45. The first-order chi connectivity index (χ1) is 10.1. The SMILES string of the molecule is CC1CN(C(=O)C23CC4CC(CC(C4)C2)C3)CCC1=NO. The van der Waals surface area contributed by atoms with Crippen molar-refractivity contribution in [3.05, 3.63) is 0 Å². The van der Waals surface area contributed by atoms with Crippen molar-refractivity contribution in [2.24, 2.45) is 34.2 Å². The van der Waals surface area contributed by atoms with Gasteiger partial charge in [-0.1, -0.05) is 12.1 Å². The number of likely N-dealkylation sites (tertiary alicyclic amines) is 1. The zero-order valence-electron chi connectivity index (χ0n) is 12.9. The molecule has 4 heteroatoms. The summed E-state index contributed by atoms with van der Waals surface area (Å²) in [5.74, 6) is 3.07. The zero-order valence-corrected chi connectivity index (χ0v) is 12.9. The number of carbonyl (C=O) groups is 1. The van der Waals surface area contributed by atoms with Crippen LogP contribution in [0.15, 0.2) is 5.16 Å². The van der Waals surface area contributed by atoms with E-state index in [4.69, 9.17) is 5.21 Å². The molecule has 116 valence electrons. The topological polar surface area (TPSA) is 52.9 Å². The fourth-order valence-electron chi connectivity index (χ4n) is 6.06. The van der Waals surface area contributed by atoms with E-state index in [0.717, 1.165) is 62.2 Å². The van der Waals surface area contributed by atoms with Crippen LogP contribution in [0.1, 0.15) is 51.9 Å². The Kier molecular flexibility index (Phi) is 3.05. The predicted octanol–water partition coefficient (Wildman–Crippen LogP) is 2.90. The molecule has 1 unspecified atom stereocenters. The van der Waals surface area contributed by atoms with Gasteiger partial charge in [0.1, 0.15) is 0 Å². The van der Waals surface area contributed by atoms with Crippen molar-refractivity contribution >= 4 is 11.6 Å². The van der Waals surface area contributed by atoms with Gasteiger partial charge in [0.15, 0.2) is 0 Å². The molecular formula is C17H26N2O2. The van der Waals surface area contributed by atoms with Gasteiger partial charge in [-0.25, -0.2) is 0 Å². The van der Waals surface area contributed by atoms with Crippen LogP contribution in [0, 0.1) is 29.1 Å². The van der Waals surface area contributed by atoms with Crippen molar-refractivity contribution in [2.45, 2.75) is 51.9 Å². The molecule has 0 aromatic carbocycles. The molecule has 0 spiro atoms. The van der Waals surface area contributed by atoms with Crippen LogP contribution < -0.4 is 0 Å². The first-order valence-electron chi connectivity index (χ1n) is 8.60. The summed E-state index contributed by atoms with van der Waals surface area (Å²) < 4.78 is 0. The quantitative estimate of drug-likeness (QED) is 0.596. The first kappa shape index (κ1) is 13.6. The maximum Gasteiger partial charge on any atom is 0.228 e. The van der Waals surface area contributed by atoms with Gasteiger partial charge in [0.2, 0.25) is 5.91 Å². The van der Waals surface area contributed by atoms with E-state index >= 15 is 0 Å². The van der Waals surface area contributed by atoms with Crippen LogP contribution in [0.2, 0.25) is 0 Å². The molecule has 1 saturated heterocycles. The molecule has 5 aliphatic rings. The van der Waals surface area contributed by atoms with Crippen LogP contribution in [0.3, 0.4) is 0 Å². The Morgan fingerprint density at radius 3 is 2.24 bits per heavy atom. The van der Waals surface area contributed by atoms with E-state index in [1.807, 2.05) is 0 Å². The summed E-state index contributed by atoms with van der Waals surface area (Å²) in [7, 11) is 0. The fourth-order valence-corrected chi connectivity index (χ4v) is 6.06. The largest absolute Gasteiger partial charge is 0.411 e. The number of oxime groups is 1. The van der Waals surface area contributed by atoms with Crippen LogP contribution in [-0.4, -0.2) is 34.8 Å². The number of nitrogens with zero attached hydrogens (tertiary/aromatic N) is 2. The molecule has 1 aliphatic heterocycles. The summed E-state index contributed by atoms with van der Waals surface area (Å²) in [6.07, 6.45) is 8.30. The van der Waals surface area contributed by atoms with E-state index in [9.17, 15) is 4.79 Å². The Morgan fingerprint density at radius 1 is 1.19 bits per heavy atom. The fraction of sp³-hybridized carbons (Fsp3) is 0.882. The molecule has 5 rings (SSSR count). The monoisotopic (exact) mass is 290 g/mol. The summed E-state index contributed by atoms with van der Waals surface area (Å²) in [5, 5.41) is 12.4. The predicted molar refractivity (Wildman–Crippen MR) is 80.2 cm³/mol. The van der Waals surface area contributed by atoms with Gasteiger partial charge in [-0.15, -0.1) is 0 Å². The minimum Gasteiger partial charge on any atom is -0.411 e. The normalized spacial score (nSPS) is 47.1. The van der Waals surface area contributed by atoms with Crippen LogP contribution in [0.25, 0.3) is 0 Å². The van der Waals surface area contributed by atoms with Crippen molar-refractivity contribution < 1.29 is 10.0 Å². The molecule has 1 heterocycles. The number of rotatable bonds is 1. The van der Waals surface area contributed by atoms with Gasteiger partial charge >= 0.3 is 0 Å². The Hall–Kier alpha value is -1.06. The van der Waals surface area contributed by atoms with Crippen molar-refractivity contribution in [3.63, 3.8) is 0 Å². The number of amides is 1. The number of hydrogen-bond acceptors (Lipinski definition) is 3. The molecule has 0 aromatic rings. The Morgan fingerprint density at radius 2 is 1.76 bits per heavy atom. The average molecular weight is 290 g/mol. The Labute approximate surface area is 126 Å². The van der Waals surface area contributed by atoms with E-state index in [0.29, 0.717) is 5.91 Å². The van der Waals surface area contributed by atoms with Gasteiger partial charge in [0, 0.05) is 25.4 Å². The summed E-state index contributed by atoms with van der Waals surface area (Å²) in [6, 6.07) is 0. The minimum absolute atomic E-state index is 0.0255. The lowest BCUT2D eigenvalue weighted by atomic mass is 9.49. The van der Waals surface area contributed by atoms with Gasteiger partial charge in [-0.3, -0.25) is 4.79 Å². The van der Waals surface area contributed by atoms with Gasteiger partial charge < -0.3 is 10.1 Å². The third kappa shape index (κ3) is 2.09. The maximum absolute atomic E-state index is 13.2. The first-order valence-corrected chi connectivity index (χ1v) is 8.60. The molecule has 4 nitrogen and oxygen atoms in total. The van der Waals surface area contributed by atoms with Crippen molar-refractivity contribution in [1.82, 2.24) is 4.90 Å². The summed E-state index contributed by atoms with van der Waals surface area (Å²) in [4.78, 5) is 15.3. The highest BCUT2D eigenvalue weighted by atomic mass is 16.4. The zero-order chi connectivity index (χ0) is 14.6. The highest BCUT2D eigenvalue weighted by molar-refractivity contribution is 5.90. The molecule has 0 radical (unpaired) electrons. The van der Waals surface area contributed by atoms with Gasteiger partial charge in [0.25, 0.3) is 0 Å². The summed E-state index contributed by atoms with van der Waals surface area (Å²) >= 11 is 0. The van der Waals surface area contributed by atoms with Crippen LogP contribution in [-0.2, 0) is 4.79 Å². The van der Waals surface area contributed by atoms with E-state index < -0.39 is 0 Å². The van der Waals surface area contributed by atoms with E-state index in [2.05, 4.69) is 17.0 Å². The molecule has 5 fully saturated rings. The molecule has 1 atom stereocenters. The third-order valence-corrected chi connectivity index (χ3v) is 6.61. The molecule has 4 aliphatic carbocycles. The van der Waals surface area contributed by atoms with E-state index in [-0.39, 0.29) is 11.3 Å². The standard InChI is InChI=1S/C17H26N2O2/c1-11-10-19(3-2-15(11)18-21)16(20)17-7-12-4-13(8-17)6-14(5-12)9-17/h11-14,21H,2-10H2,1H3. The highest BCUT2D eigenvalue weighted by Gasteiger charge is 2.55. The van der Waals surface area contributed by atoms with Crippen LogP contribution in [0.5, 0.6) is 0 Å². The second-order valence-electron chi connectivity index (χ2n) is 8.19. The molecule has 1 amide bonds. The number of hydrogen-bond donors (Lipinski definition) is 1. The molecule has 21 heavy (non-hydrogen) atoms. The Bertz CT molecular complexity index is 450. The second kappa shape index (κ2) is 4.72. The van der Waals surface area contributed by atoms with Crippen molar-refractivity contribution in [2.75, 3.05) is 13.1 Å². The lowest BCUT2D eigenvalue weighted by molar-refractivity contribution is -0.158. The molecular weight excluding hydrogens is 264 g/mol. The third-order valence-electron chi connectivity index (χ3n) is 6.61. The molecule has 0 aromatic heterocycles. The van der Waals surface area contributed by atoms with Crippen molar-refractivity contribution in [1.29, 1.82) is 0 Å². The lowest BCUT2D eigenvalue weighted by Crippen LogP contribution is -2.56. The van der Waals surface area contributed by atoms with E-state index in [1.165, 1.54) is 19.3 Å². The summed E-state index contributed by atoms with van der Waals surface area (Å²) in [6.45, 7) is 3.54. The van der Waals surface area contributed by atoms with Crippen molar-refractivity contribution in [3.8, 4) is 0 Å². The summed E-state index contributed by atoms with van der Waals surface area (Å²) in [5.41, 5.74) is 0.826.